The number of nitrogens with zero attached hydrogens (tertiary/aromatic N) is 3. The van der Waals surface area contributed by atoms with Gasteiger partial charge in [0.2, 0.25) is 5.95 Å². The van der Waals surface area contributed by atoms with Crippen molar-refractivity contribution in [2.24, 2.45) is 0 Å². The first-order valence-electron chi connectivity index (χ1n) is 11.5. The van der Waals surface area contributed by atoms with Crippen LogP contribution in [0.15, 0.2) is 65.5 Å². The SMILES string of the molecule is Cc1cccc(-n2c(N3CCCC3)nc3cc(C(=O)NCc4ccc(F)cc4F)ccc3c2=O)c1. The van der Waals surface area contributed by atoms with Crippen LogP contribution >= 0.6 is 0 Å². The molecule has 4 aromatic rings. The molecule has 35 heavy (non-hydrogen) atoms. The Hall–Kier alpha value is -4.07. The number of anilines is 1. The van der Waals surface area contributed by atoms with Crippen molar-refractivity contribution in [3.63, 3.8) is 0 Å². The van der Waals surface area contributed by atoms with Crippen LogP contribution in [0.4, 0.5) is 14.7 Å². The van der Waals surface area contributed by atoms with Crippen molar-refractivity contribution in [1.82, 2.24) is 14.9 Å². The minimum atomic E-state index is -0.725. The number of benzene rings is 3. The van der Waals surface area contributed by atoms with Gasteiger partial charge in [-0.05, 0) is 61.7 Å². The highest BCUT2D eigenvalue weighted by Crippen LogP contribution is 2.24. The van der Waals surface area contributed by atoms with E-state index in [2.05, 4.69) is 10.2 Å². The number of halogens is 2. The van der Waals surface area contributed by atoms with Crippen molar-refractivity contribution < 1.29 is 13.6 Å². The summed E-state index contributed by atoms with van der Waals surface area (Å²) >= 11 is 0. The average molecular weight is 475 g/mol. The number of rotatable bonds is 5. The van der Waals surface area contributed by atoms with E-state index in [1.54, 1.807) is 22.8 Å². The summed E-state index contributed by atoms with van der Waals surface area (Å²) in [4.78, 5) is 33.3. The molecule has 0 aliphatic carbocycles. The Kier molecular flexibility index (Phi) is 6.03. The summed E-state index contributed by atoms with van der Waals surface area (Å²) in [6.45, 7) is 3.48. The second-order valence-corrected chi connectivity index (χ2v) is 8.74. The van der Waals surface area contributed by atoms with Gasteiger partial charge in [0.05, 0.1) is 16.6 Å². The topological polar surface area (TPSA) is 67.2 Å². The highest BCUT2D eigenvalue weighted by molar-refractivity contribution is 5.97. The number of hydrogen-bond acceptors (Lipinski definition) is 4. The van der Waals surface area contributed by atoms with Gasteiger partial charge in [-0.15, -0.1) is 0 Å². The van der Waals surface area contributed by atoms with Crippen LogP contribution in [0, 0.1) is 18.6 Å². The second-order valence-electron chi connectivity index (χ2n) is 8.74. The number of nitrogens with one attached hydrogen (secondary N) is 1. The molecule has 0 atom stereocenters. The third kappa shape index (κ3) is 4.51. The molecule has 1 fully saturated rings. The van der Waals surface area contributed by atoms with E-state index >= 15 is 0 Å². The number of carbonyl (C=O) groups excluding carboxylic acids is 1. The Morgan fingerprint density at radius 3 is 2.57 bits per heavy atom. The molecule has 6 nitrogen and oxygen atoms in total. The van der Waals surface area contributed by atoms with Crippen LogP contribution in [0.25, 0.3) is 16.6 Å². The Labute approximate surface area is 200 Å². The molecule has 1 saturated heterocycles. The summed E-state index contributed by atoms with van der Waals surface area (Å²) in [5, 5.41) is 3.04. The summed E-state index contributed by atoms with van der Waals surface area (Å²) in [7, 11) is 0. The smallest absolute Gasteiger partial charge is 0.267 e. The van der Waals surface area contributed by atoms with Crippen LogP contribution in [0.1, 0.15) is 34.3 Å². The van der Waals surface area contributed by atoms with Gasteiger partial charge in [0, 0.05) is 36.8 Å². The third-order valence-corrected chi connectivity index (χ3v) is 6.22. The summed E-state index contributed by atoms with van der Waals surface area (Å²) in [5.74, 6) is -1.29. The van der Waals surface area contributed by atoms with E-state index in [0.29, 0.717) is 22.4 Å². The highest BCUT2D eigenvalue weighted by Gasteiger charge is 2.22. The first-order chi connectivity index (χ1) is 16.9. The zero-order valence-electron chi connectivity index (χ0n) is 19.2. The number of aromatic nitrogens is 2. The minimum absolute atomic E-state index is 0.0929. The van der Waals surface area contributed by atoms with Gasteiger partial charge >= 0.3 is 0 Å². The molecule has 178 valence electrons. The van der Waals surface area contributed by atoms with Crippen LogP contribution in [-0.4, -0.2) is 28.5 Å². The van der Waals surface area contributed by atoms with E-state index in [4.69, 9.17) is 4.98 Å². The minimum Gasteiger partial charge on any atom is -0.348 e. The van der Waals surface area contributed by atoms with Crippen molar-refractivity contribution in [1.29, 1.82) is 0 Å². The molecule has 0 unspecified atom stereocenters. The fraction of sp³-hybridized carbons (Fsp3) is 0.222. The number of aryl methyl sites for hydroxylation is 1. The number of fused-ring (bicyclic) bond motifs is 1. The molecule has 5 rings (SSSR count). The fourth-order valence-corrected chi connectivity index (χ4v) is 4.39. The standard InChI is InChI=1S/C27H24F2N4O2/c1-17-5-4-6-21(13-17)33-26(35)22-10-8-18(14-24(22)31-27(33)32-11-2-3-12-32)25(34)30-16-19-7-9-20(28)15-23(19)29/h4-10,13-15H,2-3,11-12,16H2,1H3,(H,30,34). The summed E-state index contributed by atoms with van der Waals surface area (Å²) < 4.78 is 28.7. The van der Waals surface area contributed by atoms with E-state index in [-0.39, 0.29) is 17.7 Å². The fourth-order valence-electron chi connectivity index (χ4n) is 4.39. The molecule has 0 saturated carbocycles. The van der Waals surface area contributed by atoms with Gasteiger partial charge in [0.25, 0.3) is 11.5 Å². The largest absolute Gasteiger partial charge is 0.348 e. The first-order valence-corrected chi connectivity index (χ1v) is 11.5. The van der Waals surface area contributed by atoms with Crippen LogP contribution in [0.3, 0.4) is 0 Å². The summed E-state index contributed by atoms with van der Waals surface area (Å²) in [5.41, 5.74) is 2.47. The average Bonchev–Trinajstić information content (AvgIpc) is 3.38. The summed E-state index contributed by atoms with van der Waals surface area (Å²) in [6.07, 6.45) is 2.04. The third-order valence-electron chi connectivity index (χ3n) is 6.22. The number of hydrogen-bond donors (Lipinski definition) is 1. The lowest BCUT2D eigenvalue weighted by molar-refractivity contribution is 0.0950. The van der Waals surface area contributed by atoms with Gasteiger partial charge in [-0.1, -0.05) is 18.2 Å². The second kappa shape index (κ2) is 9.29. The molecular formula is C27H24F2N4O2. The zero-order chi connectivity index (χ0) is 24.5. The lowest BCUT2D eigenvalue weighted by Crippen LogP contribution is -2.30. The Morgan fingerprint density at radius 1 is 1.03 bits per heavy atom. The van der Waals surface area contributed by atoms with Crippen molar-refractivity contribution in [2.45, 2.75) is 26.3 Å². The molecular weight excluding hydrogens is 450 g/mol. The van der Waals surface area contributed by atoms with Crippen LogP contribution < -0.4 is 15.8 Å². The van der Waals surface area contributed by atoms with Crippen LogP contribution in [0.5, 0.6) is 0 Å². The maximum atomic E-state index is 13.9. The Morgan fingerprint density at radius 2 is 1.83 bits per heavy atom. The molecule has 1 aliphatic heterocycles. The first kappa shape index (κ1) is 22.7. The van der Waals surface area contributed by atoms with Crippen molar-refractivity contribution in [3.8, 4) is 5.69 Å². The lowest BCUT2D eigenvalue weighted by atomic mass is 10.1. The normalized spacial score (nSPS) is 13.4. The van der Waals surface area contributed by atoms with E-state index in [0.717, 1.165) is 49.3 Å². The summed E-state index contributed by atoms with van der Waals surface area (Å²) in [6, 6.07) is 15.7. The van der Waals surface area contributed by atoms with Crippen LogP contribution in [-0.2, 0) is 6.54 Å². The quantitative estimate of drug-likeness (QED) is 0.463. The van der Waals surface area contributed by atoms with Gasteiger partial charge in [-0.2, -0.15) is 0 Å². The maximum Gasteiger partial charge on any atom is 0.267 e. The van der Waals surface area contributed by atoms with Crippen LogP contribution in [0.2, 0.25) is 0 Å². The molecule has 8 heteroatoms. The van der Waals surface area contributed by atoms with Gasteiger partial charge in [-0.3, -0.25) is 9.59 Å². The monoisotopic (exact) mass is 474 g/mol. The van der Waals surface area contributed by atoms with E-state index < -0.39 is 17.5 Å². The molecule has 2 heterocycles. The number of amides is 1. The molecule has 0 bridgehead atoms. The molecule has 1 N–H and O–H groups in total. The molecule has 0 spiro atoms. The van der Waals surface area contributed by atoms with Crippen molar-refractivity contribution in [3.05, 3.63) is 99.3 Å². The van der Waals surface area contributed by atoms with Gasteiger partial charge < -0.3 is 10.2 Å². The predicted molar refractivity (Wildman–Crippen MR) is 131 cm³/mol. The Balaban J connectivity index is 1.52. The molecule has 3 aromatic carbocycles. The van der Waals surface area contributed by atoms with Gasteiger partial charge in [0.1, 0.15) is 11.6 Å². The highest BCUT2D eigenvalue weighted by atomic mass is 19.1. The molecule has 1 amide bonds. The Bertz CT molecular complexity index is 1490. The maximum absolute atomic E-state index is 13.9. The van der Waals surface area contributed by atoms with Gasteiger partial charge in [0.15, 0.2) is 0 Å². The van der Waals surface area contributed by atoms with Gasteiger partial charge in [-0.25, -0.2) is 18.3 Å². The zero-order valence-corrected chi connectivity index (χ0v) is 19.2. The lowest BCUT2D eigenvalue weighted by Gasteiger charge is -2.22. The molecule has 1 aliphatic rings. The molecule has 0 radical (unpaired) electrons. The predicted octanol–water partition coefficient (Wildman–Crippen LogP) is 4.50. The number of carbonyl (C=O) groups is 1. The van der Waals surface area contributed by atoms with E-state index in [1.807, 2.05) is 31.2 Å². The van der Waals surface area contributed by atoms with Crippen molar-refractivity contribution >= 4 is 22.8 Å². The van der Waals surface area contributed by atoms with Crippen molar-refractivity contribution in [2.75, 3.05) is 18.0 Å². The van der Waals surface area contributed by atoms with E-state index in [9.17, 15) is 18.4 Å². The van der Waals surface area contributed by atoms with E-state index in [1.165, 1.54) is 6.07 Å². The molecule has 1 aromatic heterocycles.